The Morgan fingerprint density at radius 1 is 1.39 bits per heavy atom. The lowest BCUT2D eigenvalue weighted by atomic mass is 10.1. The quantitative estimate of drug-likeness (QED) is 0.779. The first kappa shape index (κ1) is 15.9. The Morgan fingerprint density at radius 2 is 2.22 bits per heavy atom. The van der Waals surface area contributed by atoms with E-state index < -0.39 is 6.04 Å². The number of carbonyl (C=O) groups is 2. The number of rotatable bonds is 3. The summed E-state index contributed by atoms with van der Waals surface area (Å²) in [7, 11) is 3.47. The van der Waals surface area contributed by atoms with Crippen LogP contribution in [0.15, 0.2) is 6.33 Å². The number of piperazine rings is 1. The van der Waals surface area contributed by atoms with Crippen LogP contribution in [-0.2, 0) is 27.3 Å². The van der Waals surface area contributed by atoms with Crippen LogP contribution in [-0.4, -0.2) is 89.5 Å². The number of ether oxygens (including phenoxy) is 1. The molecule has 8 nitrogen and oxygen atoms in total. The van der Waals surface area contributed by atoms with Crippen LogP contribution in [0.4, 0.5) is 0 Å². The average molecular weight is 321 g/mol. The minimum atomic E-state index is -0.444. The predicted octanol–water partition coefficient (Wildman–Crippen LogP) is -0.917. The maximum atomic E-state index is 13.0. The van der Waals surface area contributed by atoms with Gasteiger partial charge in [-0.05, 0) is 7.05 Å². The molecule has 8 heteroatoms. The highest BCUT2D eigenvalue weighted by molar-refractivity contribution is 5.88. The van der Waals surface area contributed by atoms with Gasteiger partial charge in [-0.15, -0.1) is 0 Å². The molecule has 3 heterocycles. The molecule has 0 spiro atoms. The zero-order chi connectivity index (χ0) is 16.4. The molecule has 1 saturated heterocycles. The monoisotopic (exact) mass is 321 g/mol. The second kappa shape index (κ2) is 6.67. The largest absolute Gasteiger partial charge is 0.375 e. The highest BCUT2D eigenvalue weighted by Gasteiger charge is 2.37. The molecular weight excluding hydrogens is 298 g/mol. The molecular formula is C15H23N5O3. The maximum absolute atomic E-state index is 13.0. The normalized spacial score (nSPS) is 22.1. The van der Waals surface area contributed by atoms with Crippen molar-refractivity contribution in [3.05, 3.63) is 17.7 Å². The van der Waals surface area contributed by atoms with Crippen molar-refractivity contribution in [3.8, 4) is 0 Å². The summed E-state index contributed by atoms with van der Waals surface area (Å²) in [5.41, 5.74) is 2.02. The van der Waals surface area contributed by atoms with Crippen molar-refractivity contribution in [2.45, 2.75) is 19.0 Å². The third-order valence-electron chi connectivity index (χ3n) is 4.54. The Bertz CT molecular complexity index is 587. The van der Waals surface area contributed by atoms with Gasteiger partial charge in [0, 0.05) is 39.7 Å². The molecule has 2 amide bonds. The van der Waals surface area contributed by atoms with Crippen LogP contribution in [0.25, 0.3) is 0 Å². The van der Waals surface area contributed by atoms with Crippen LogP contribution >= 0.6 is 0 Å². The molecule has 126 valence electrons. The minimum absolute atomic E-state index is 0.00116. The van der Waals surface area contributed by atoms with E-state index in [1.165, 1.54) is 7.11 Å². The molecule has 0 aromatic carbocycles. The van der Waals surface area contributed by atoms with Crippen molar-refractivity contribution in [2.75, 3.05) is 46.9 Å². The van der Waals surface area contributed by atoms with Gasteiger partial charge in [0.1, 0.15) is 12.6 Å². The van der Waals surface area contributed by atoms with Gasteiger partial charge in [0.05, 0.1) is 24.3 Å². The molecule has 2 aliphatic heterocycles. The minimum Gasteiger partial charge on any atom is -0.375 e. The number of likely N-dealkylation sites (N-methyl/N-ethyl adjacent to an activating group) is 1. The van der Waals surface area contributed by atoms with Gasteiger partial charge < -0.3 is 24.4 Å². The van der Waals surface area contributed by atoms with Crippen molar-refractivity contribution < 1.29 is 14.3 Å². The number of hydrogen-bond donors (Lipinski definition) is 1. The Labute approximate surface area is 135 Å². The fourth-order valence-corrected chi connectivity index (χ4v) is 3.25. The molecule has 23 heavy (non-hydrogen) atoms. The van der Waals surface area contributed by atoms with Gasteiger partial charge in [-0.2, -0.15) is 0 Å². The number of hydrogen-bond acceptors (Lipinski definition) is 5. The molecule has 2 aliphatic rings. The second-order valence-corrected chi connectivity index (χ2v) is 6.14. The van der Waals surface area contributed by atoms with E-state index in [0.717, 1.165) is 24.4 Å². The van der Waals surface area contributed by atoms with Crippen molar-refractivity contribution in [1.82, 2.24) is 24.7 Å². The van der Waals surface area contributed by atoms with Crippen LogP contribution in [0.1, 0.15) is 11.4 Å². The van der Waals surface area contributed by atoms with E-state index in [9.17, 15) is 9.59 Å². The van der Waals surface area contributed by atoms with E-state index in [0.29, 0.717) is 26.2 Å². The number of aromatic nitrogens is 2. The zero-order valence-corrected chi connectivity index (χ0v) is 13.6. The number of nitrogens with one attached hydrogen (secondary N) is 1. The van der Waals surface area contributed by atoms with Crippen LogP contribution in [0.2, 0.25) is 0 Å². The highest BCUT2D eigenvalue weighted by Crippen LogP contribution is 2.19. The summed E-state index contributed by atoms with van der Waals surface area (Å²) in [6.07, 6.45) is 2.42. The molecule has 1 aromatic heterocycles. The van der Waals surface area contributed by atoms with Gasteiger partial charge in [0.15, 0.2) is 0 Å². The fraction of sp³-hybridized carbons (Fsp3) is 0.667. The van der Waals surface area contributed by atoms with Crippen molar-refractivity contribution >= 4 is 11.8 Å². The highest BCUT2D eigenvalue weighted by atomic mass is 16.5. The van der Waals surface area contributed by atoms with Gasteiger partial charge in [-0.25, -0.2) is 4.98 Å². The first-order valence-electron chi connectivity index (χ1n) is 7.87. The number of carbonyl (C=O) groups excluding carboxylic acids is 2. The van der Waals surface area contributed by atoms with Gasteiger partial charge in [0.25, 0.3) is 0 Å². The molecule has 0 saturated carbocycles. The topological polar surface area (TPSA) is 81.8 Å². The zero-order valence-electron chi connectivity index (χ0n) is 13.6. The summed E-state index contributed by atoms with van der Waals surface area (Å²) in [5, 5.41) is 0. The number of aromatic amines is 1. The molecule has 1 N–H and O–H groups in total. The average Bonchev–Trinajstić information content (AvgIpc) is 3.01. The standard InChI is InChI=1S/C15H23N5O3/c1-18-5-6-20(14(21)9-23-2)13(8-18)15(22)19-4-3-11-12(7-19)17-10-16-11/h10,13H,3-9H2,1-2H3,(H,16,17)/t13-/m0/s1. The van der Waals surface area contributed by atoms with Crippen molar-refractivity contribution in [3.63, 3.8) is 0 Å². The van der Waals surface area contributed by atoms with Gasteiger partial charge in [-0.3, -0.25) is 9.59 Å². The smallest absolute Gasteiger partial charge is 0.249 e. The Kier molecular flexibility index (Phi) is 4.63. The summed E-state index contributed by atoms with van der Waals surface area (Å²) in [5.74, 6) is -0.126. The van der Waals surface area contributed by atoms with E-state index >= 15 is 0 Å². The van der Waals surface area contributed by atoms with Crippen molar-refractivity contribution in [2.24, 2.45) is 0 Å². The van der Waals surface area contributed by atoms with Crippen molar-refractivity contribution in [1.29, 1.82) is 0 Å². The number of amides is 2. The van der Waals surface area contributed by atoms with Crippen LogP contribution < -0.4 is 0 Å². The van der Waals surface area contributed by atoms with Gasteiger partial charge in [-0.1, -0.05) is 0 Å². The molecule has 1 fully saturated rings. The maximum Gasteiger partial charge on any atom is 0.249 e. The molecule has 1 atom stereocenters. The van der Waals surface area contributed by atoms with Gasteiger partial charge >= 0.3 is 0 Å². The summed E-state index contributed by atoms with van der Waals surface area (Å²) >= 11 is 0. The molecule has 3 rings (SSSR count). The first-order chi connectivity index (χ1) is 11.1. The van der Waals surface area contributed by atoms with E-state index in [1.807, 2.05) is 11.9 Å². The van der Waals surface area contributed by atoms with Crippen LogP contribution in [0, 0.1) is 0 Å². The van der Waals surface area contributed by atoms with E-state index in [4.69, 9.17) is 4.74 Å². The van der Waals surface area contributed by atoms with Gasteiger partial charge in [0.2, 0.25) is 11.8 Å². The Hall–Kier alpha value is -1.93. The lowest BCUT2D eigenvalue weighted by molar-refractivity contribution is -0.151. The fourth-order valence-electron chi connectivity index (χ4n) is 3.25. The molecule has 0 aliphatic carbocycles. The third-order valence-corrected chi connectivity index (χ3v) is 4.54. The number of methoxy groups -OCH3 is 1. The molecule has 1 aromatic rings. The number of fused-ring (bicyclic) bond motifs is 1. The van der Waals surface area contributed by atoms with E-state index in [1.54, 1.807) is 11.2 Å². The number of H-pyrrole nitrogens is 1. The Balaban J connectivity index is 1.74. The van der Waals surface area contributed by atoms with Crippen LogP contribution in [0.5, 0.6) is 0 Å². The molecule has 0 bridgehead atoms. The number of nitrogens with zero attached hydrogens (tertiary/aromatic N) is 4. The summed E-state index contributed by atoms with van der Waals surface area (Å²) < 4.78 is 4.95. The second-order valence-electron chi connectivity index (χ2n) is 6.14. The van der Waals surface area contributed by atoms with Crippen LogP contribution in [0.3, 0.4) is 0 Å². The molecule has 0 radical (unpaired) electrons. The first-order valence-corrected chi connectivity index (χ1v) is 7.87. The molecule has 0 unspecified atom stereocenters. The van der Waals surface area contributed by atoms with E-state index in [-0.39, 0.29) is 18.4 Å². The lowest BCUT2D eigenvalue weighted by Crippen LogP contribution is -2.61. The Morgan fingerprint density at radius 3 is 3.00 bits per heavy atom. The summed E-state index contributed by atoms with van der Waals surface area (Å²) in [6.45, 7) is 3.06. The number of imidazole rings is 1. The summed E-state index contributed by atoms with van der Waals surface area (Å²) in [4.78, 5) is 38.2. The predicted molar refractivity (Wildman–Crippen MR) is 82.6 cm³/mol. The lowest BCUT2D eigenvalue weighted by Gasteiger charge is -2.41. The van der Waals surface area contributed by atoms with E-state index in [2.05, 4.69) is 14.9 Å². The summed E-state index contributed by atoms with van der Waals surface area (Å²) in [6, 6.07) is -0.444. The third kappa shape index (κ3) is 3.23. The SMILES string of the molecule is COCC(=O)N1CCN(C)C[C@H]1C(=O)N1CCc2nc[nH]c2C1.